The minimum Gasteiger partial charge on any atom is -0.361 e. The number of aryl methyl sites for hydroxylation is 1. The average Bonchev–Trinajstić information content (AvgIpc) is 2.86. The first-order chi connectivity index (χ1) is 9.79. The lowest BCUT2D eigenvalue weighted by atomic mass is 9.93. The van der Waals surface area contributed by atoms with Crippen molar-refractivity contribution in [1.82, 2.24) is 15.0 Å². The van der Waals surface area contributed by atoms with Gasteiger partial charge in [-0.3, -0.25) is 9.88 Å². The summed E-state index contributed by atoms with van der Waals surface area (Å²) in [6.07, 6.45) is 5.52. The third-order valence-corrected chi connectivity index (χ3v) is 3.89. The molecule has 0 spiro atoms. The zero-order valence-corrected chi connectivity index (χ0v) is 12.0. The summed E-state index contributed by atoms with van der Waals surface area (Å²) in [7, 11) is 0. The Morgan fingerprint density at radius 3 is 3.05 bits per heavy atom. The molecule has 3 rings (SSSR count). The molecule has 0 unspecified atom stereocenters. The van der Waals surface area contributed by atoms with Crippen molar-refractivity contribution < 1.29 is 4.52 Å². The van der Waals surface area contributed by atoms with Crippen LogP contribution in [0, 0.1) is 12.8 Å². The van der Waals surface area contributed by atoms with Crippen LogP contribution in [-0.4, -0.2) is 28.1 Å². The molecule has 2 aromatic rings. The molecular formula is C16H21N3O. The van der Waals surface area contributed by atoms with Crippen molar-refractivity contribution in [3.05, 3.63) is 47.6 Å². The summed E-state index contributed by atoms with van der Waals surface area (Å²) in [5.41, 5.74) is 2.25. The molecule has 1 aliphatic rings. The van der Waals surface area contributed by atoms with Gasteiger partial charge in [0.05, 0.1) is 5.69 Å². The van der Waals surface area contributed by atoms with E-state index in [1.54, 1.807) is 0 Å². The highest BCUT2D eigenvalue weighted by molar-refractivity contribution is 5.06. The van der Waals surface area contributed by atoms with Gasteiger partial charge >= 0.3 is 0 Å². The molecule has 1 aliphatic heterocycles. The molecule has 4 heteroatoms. The third kappa shape index (κ3) is 3.45. The summed E-state index contributed by atoms with van der Waals surface area (Å²) in [5.74, 6) is 1.59. The fourth-order valence-electron chi connectivity index (χ4n) is 3.00. The van der Waals surface area contributed by atoms with Gasteiger partial charge in [-0.2, -0.15) is 0 Å². The molecule has 1 fully saturated rings. The van der Waals surface area contributed by atoms with E-state index in [0.29, 0.717) is 5.92 Å². The van der Waals surface area contributed by atoms with E-state index < -0.39 is 0 Å². The van der Waals surface area contributed by atoms with Gasteiger partial charge in [-0.25, -0.2) is 0 Å². The van der Waals surface area contributed by atoms with Crippen LogP contribution in [0.1, 0.15) is 30.0 Å². The number of hydrogen-bond donors (Lipinski definition) is 0. The van der Waals surface area contributed by atoms with Crippen LogP contribution in [0.3, 0.4) is 0 Å². The first kappa shape index (κ1) is 13.3. The first-order valence-electron chi connectivity index (χ1n) is 7.34. The lowest BCUT2D eigenvalue weighted by molar-refractivity contribution is 0.162. The SMILES string of the molecule is Cc1cc(CN2CCC[C@H](Cc3ccccn3)C2)no1. The van der Waals surface area contributed by atoms with E-state index in [-0.39, 0.29) is 0 Å². The van der Waals surface area contributed by atoms with Gasteiger partial charge in [0.25, 0.3) is 0 Å². The van der Waals surface area contributed by atoms with E-state index in [2.05, 4.69) is 27.2 Å². The maximum absolute atomic E-state index is 5.14. The number of pyridine rings is 1. The minimum atomic E-state index is 0.701. The highest BCUT2D eigenvalue weighted by Gasteiger charge is 2.21. The lowest BCUT2D eigenvalue weighted by Gasteiger charge is -2.32. The molecule has 1 atom stereocenters. The van der Waals surface area contributed by atoms with Crippen molar-refractivity contribution in [3.63, 3.8) is 0 Å². The van der Waals surface area contributed by atoms with Crippen molar-refractivity contribution in [3.8, 4) is 0 Å². The largest absolute Gasteiger partial charge is 0.361 e. The number of rotatable bonds is 4. The standard InChI is InChI=1S/C16H21N3O/c1-13-9-16(18-20-13)12-19-8-4-5-14(11-19)10-15-6-2-3-7-17-15/h2-3,6-7,9,14H,4-5,8,10-12H2,1H3/t14-/m1/s1. The Hall–Kier alpha value is -1.68. The van der Waals surface area contributed by atoms with Crippen LogP contribution in [-0.2, 0) is 13.0 Å². The van der Waals surface area contributed by atoms with Crippen molar-refractivity contribution >= 4 is 0 Å². The molecule has 2 aromatic heterocycles. The van der Waals surface area contributed by atoms with Crippen LogP contribution in [0.15, 0.2) is 35.0 Å². The molecule has 0 saturated carbocycles. The second-order valence-electron chi connectivity index (χ2n) is 5.70. The highest BCUT2D eigenvalue weighted by Crippen LogP contribution is 2.21. The Morgan fingerprint density at radius 1 is 1.35 bits per heavy atom. The van der Waals surface area contributed by atoms with E-state index in [0.717, 1.165) is 37.5 Å². The third-order valence-electron chi connectivity index (χ3n) is 3.89. The second kappa shape index (κ2) is 6.18. The molecule has 3 heterocycles. The summed E-state index contributed by atoms with van der Waals surface area (Å²) in [5, 5.41) is 4.09. The average molecular weight is 271 g/mol. The fraction of sp³-hybridized carbons (Fsp3) is 0.500. The summed E-state index contributed by atoms with van der Waals surface area (Å²) < 4.78 is 5.14. The Balaban J connectivity index is 1.56. The quantitative estimate of drug-likeness (QED) is 0.857. The van der Waals surface area contributed by atoms with Crippen LogP contribution < -0.4 is 0 Å². The van der Waals surface area contributed by atoms with E-state index >= 15 is 0 Å². The Bertz CT molecular complexity index is 538. The van der Waals surface area contributed by atoms with E-state index in [9.17, 15) is 0 Å². The van der Waals surface area contributed by atoms with E-state index in [1.807, 2.05) is 25.3 Å². The normalized spacial score (nSPS) is 20.1. The van der Waals surface area contributed by atoms with Gasteiger partial charge in [0, 0.05) is 31.0 Å². The molecular weight excluding hydrogens is 250 g/mol. The first-order valence-corrected chi connectivity index (χ1v) is 7.34. The van der Waals surface area contributed by atoms with Gasteiger partial charge in [0.1, 0.15) is 5.76 Å². The zero-order valence-electron chi connectivity index (χ0n) is 12.0. The summed E-state index contributed by atoms with van der Waals surface area (Å²) in [6.45, 7) is 5.12. The summed E-state index contributed by atoms with van der Waals surface area (Å²) in [4.78, 5) is 6.92. The van der Waals surface area contributed by atoms with Gasteiger partial charge in [-0.15, -0.1) is 0 Å². The number of likely N-dealkylation sites (tertiary alicyclic amines) is 1. The van der Waals surface area contributed by atoms with Crippen molar-refractivity contribution in [2.24, 2.45) is 5.92 Å². The molecule has 0 bridgehead atoms. The monoisotopic (exact) mass is 271 g/mol. The maximum atomic E-state index is 5.14. The van der Waals surface area contributed by atoms with Gasteiger partial charge in [0.2, 0.25) is 0 Å². The highest BCUT2D eigenvalue weighted by atomic mass is 16.5. The second-order valence-corrected chi connectivity index (χ2v) is 5.70. The molecule has 1 saturated heterocycles. The maximum Gasteiger partial charge on any atom is 0.133 e. The molecule has 0 N–H and O–H groups in total. The minimum absolute atomic E-state index is 0.701. The van der Waals surface area contributed by atoms with Crippen LogP contribution in [0.25, 0.3) is 0 Å². The number of hydrogen-bond acceptors (Lipinski definition) is 4. The van der Waals surface area contributed by atoms with Gasteiger partial charge in [0.15, 0.2) is 0 Å². The zero-order chi connectivity index (χ0) is 13.8. The van der Waals surface area contributed by atoms with Crippen LogP contribution in [0.4, 0.5) is 0 Å². The molecule has 0 radical (unpaired) electrons. The fourth-order valence-corrected chi connectivity index (χ4v) is 3.00. The molecule has 20 heavy (non-hydrogen) atoms. The Morgan fingerprint density at radius 2 is 2.30 bits per heavy atom. The number of piperidine rings is 1. The predicted octanol–water partition coefficient (Wildman–Crippen LogP) is 2.83. The van der Waals surface area contributed by atoms with Gasteiger partial charge in [-0.1, -0.05) is 11.2 Å². The van der Waals surface area contributed by atoms with Gasteiger partial charge < -0.3 is 4.52 Å². The topological polar surface area (TPSA) is 42.2 Å². The number of nitrogens with zero attached hydrogens (tertiary/aromatic N) is 3. The summed E-state index contributed by atoms with van der Waals surface area (Å²) >= 11 is 0. The molecule has 0 aromatic carbocycles. The van der Waals surface area contributed by atoms with Crippen LogP contribution in [0.5, 0.6) is 0 Å². The molecule has 0 aliphatic carbocycles. The Kier molecular flexibility index (Phi) is 4.11. The van der Waals surface area contributed by atoms with Crippen LogP contribution in [0.2, 0.25) is 0 Å². The lowest BCUT2D eigenvalue weighted by Crippen LogP contribution is -2.35. The van der Waals surface area contributed by atoms with Crippen molar-refractivity contribution in [2.45, 2.75) is 32.7 Å². The predicted molar refractivity (Wildman–Crippen MR) is 77.2 cm³/mol. The van der Waals surface area contributed by atoms with Crippen LogP contribution >= 0.6 is 0 Å². The number of aromatic nitrogens is 2. The van der Waals surface area contributed by atoms with Gasteiger partial charge in [-0.05, 0) is 50.8 Å². The molecule has 106 valence electrons. The van der Waals surface area contributed by atoms with Crippen molar-refractivity contribution in [2.75, 3.05) is 13.1 Å². The van der Waals surface area contributed by atoms with E-state index in [1.165, 1.54) is 18.5 Å². The van der Waals surface area contributed by atoms with E-state index in [4.69, 9.17) is 4.52 Å². The summed E-state index contributed by atoms with van der Waals surface area (Å²) in [6, 6.07) is 8.20. The smallest absolute Gasteiger partial charge is 0.133 e. The molecule has 4 nitrogen and oxygen atoms in total. The Labute approximate surface area is 119 Å². The van der Waals surface area contributed by atoms with Crippen molar-refractivity contribution in [1.29, 1.82) is 0 Å². The molecule has 0 amide bonds.